The summed E-state index contributed by atoms with van der Waals surface area (Å²) in [6.07, 6.45) is 6.53. The molecule has 2 heteroatoms. The van der Waals surface area contributed by atoms with Gasteiger partial charge in [-0.1, -0.05) is 25.2 Å². The second-order valence-electron chi connectivity index (χ2n) is 5.92. The minimum atomic E-state index is -0.235. The maximum Gasteiger partial charge on any atom is 0.145 e. The van der Waals surface area contributed by atoms with E-state index < -0.39 is 0 Å². The highest BCUT2D eigenvalue weighted by Crippen LogP contribution is 2.52. The van der Waals surface area contributed by atoms with Crippen LogP contribution < -0.4 is 0 Å². The summed E-state index contributed by atoms with van der Waals surface area (Å²) < 4.78 is 0. The normalized spacial score (nSPS) is 41.4. The molecule has 0 aromatic rings. The lowest BCUT2D eigenvalue weighted by atomic mass is 9.56. The summed E-state index contributed by atoms with van der Waals surface area (Å²) in [6, 6.07) is 0. The summed E-state index contributed by atoms with van der Waals surface area (Å²) in [5, 5.41) is 10.2. The molecule has 0 spiro atoms. The predicted octanol–water partition coefficient (Wildman–Crippen LogP) is 2.88. The van der Waals surface area contributed by atoms with Crippen LogP contribution in [0.5, 0.6) is 0 Å². The van der Waals surface area contributed by atoms with Crippen molar-refractivity contribution < 1.29 is 9.90 Å². The third kappa shape index (κ3) is 1.99. The largest absolute Gasteiger partial charge is 0.392 e. The SMILES string of the molecule is C=C(C=O)[C@@H]1CC[C@@]2(C)[C@@H](O)CC=C(C)[C@@H]2C1. The number of aliphatic hydroxyl groups is 1. The van der Waals surface area contributed by atoms with E-state index in [0.717, 1.165) is 37.5 Å². The Morgan fingerprint density at radius 2 is 2.35 bits per heavy atom. The van der Waals surface area contributed by atoms with Gasteiger partial charge in [0.25, 0.3) is 0 Å². The first-order valence-electron chi connectivity index (χ1n) is 6.47. The standard InChI is InChI=1S/C15H22O2/c1-10-4-5-14(17)15(3)7-6-12(8-13(10)15)11(2)9-16/h4,9,12-14,17H,2,5-8H2,1,3H3/t12-,13+,14+,15-/m1/s1. The van der Waals surface area contributed by atoms with Gasteiger partial charge in [-0.3, -0.25) is 4.79 Å². The number of carbonyl (C=O) groups excluding carboxylic acids is 1. The highest BCUT2D eigenvalue weighted by Gasteiger charge is 2.47. The molecule has 1 N–H and O–H groups in total. The number of hydrogen-bond acceptors (Lipinski definition) is 2. The van der Waals surface area contributed by atoms with Gasteiger partial charge >= 0.3 is 0 Å². The second-order valence-corrected chi connectivity index (χ2v) is 5.92. The molecule has 2 nitrogen and oxygen atoms in total. The van der Waals surface area contributed by atoms with Crippen LogP contribution in [-0.4, -0.2) is 17.5 Å². The van der Waals surface area contributed by atoms with E-state index in [1.807, 2.05) is 0 Å². The third-order valence-electron chi connectivity index (χ3n) is 5.00. The number of aliphatic hydroxyl groups excluding tert-OH is 1. The summed E-state index contributed by atoms with van der Waals surface area (Å²) in [5.41, 5.74) is 2.10. The fraction of sp³-hybridized carbons (Fsp3) is 0.667. The van der Waals surface area contributed by atoms with Crippen molar-refractivity contribution in [2.45, 2.75) is 45.6 Å². The molecule has 0 amide bonds. The van der Waals surface area contributed by atoms with Gasteiger partial charge in [-0.05, 0) is 50.0 Å². The Labute approximate surface area is 103 Å². The van der Waals surface area contributed by atoms with E-state index in [1.54, 1.807) is 0 Å². The van der Waals surface area contributed by atoms with Crippen LogP contribution >= 0.6 is 0 Å². The second kappa shape index (κ2) is 4.41. The van der Waals surface area contributed by atoms with Crippen LogP contribution in [0.1, 0.15) is 39.5 Å². The Balaban J connectivity index is 2.23. The fourth-order valence-corrected chi connectivity index (χ4v) is 3.58. The molecule has 4 atom stereocenters. The van der Waals surface area contributed by atoms with Crippen LogP contribution in [0.2, 0.25) is 0 Å². The van der Waals surface area contributed by atoms with Crippen molar-refractivity contribution in [3.05, 3.63) is 23.8 Å². The topological polar surface area (TPSA) is 37.3 Å². The average molecular weight is 234 g/mol. The highest BCUT2D eigenvalue weighted by molar-refractivity contribution is 5.72. The molecule has 1 saturated carbocycles. The maximum absolute atomic E-state index is 10.8. The molecular weight excluding hydrogens is 212 g/mol. The fourth-order valence-electron chi connectivity index (χ4n) is 3.58. The molecule has 0 aliphatic heterocycles. The number of aldehydes is 1. The lowest BCUT2D eigenvalue weighted by molar-refractivity contribution is -0.105. The van der Waals surface area contributed by atoms with E-state index in [1.165, 1.54) is 5.57 Å². The first kappa shape index (κ1) is 12.6. The van der Waals surface area contributed by atoms with Gasteiger partial charge < -0.3 is 5.11 Å². The number of fused-ring (bicyclic) bond motifs is 1. The van der Waals surface area contributed by atoms with Crippen molar-refractivity contribution in [3.8, 4) is 0 Å². The first-order chi connectivity index (χ1) is 7.99. The zero-order chi connectivity index (χ0) is 12.6. The Kier molecular flexibility index (Phi) is 3.26. The van der Waals surface area contributed by atoms with Crippen molar-refractivity contribution in [1.29, 1.82) is 0 Å². The minimum absolute atomic E-state index is 0.00149. The first-order valence-corrected chi connectivity index (χ1v) is 6.47. The molecule has 1 fully saturated rings. The average Bonchev–Trinajstić information content (AvgIpc) is 2.33. The molecule has 0 radical (unpaired) electrons. The van der Waals surface area contributed by atoms with Gasteiger partial charge in [-0.25, -0.2) is 0 Å². The van der Waals surface area contributed by atoms with Gasteiger partial charge in [-0.15, -0.1) is 0 Å². The zero-order valence-corrected chi connectivity index (χ0v) is 10.8. The van der Waals surface area contributed by atoms with Crippen LogP contribution in [0, 0.1) is 17.3 Å². The summed E-state index contributed by atoms with van der Waals surface area (Å²) >= 11 is 0. The van der Waals surface area contributed by atoms with Gasteiger partial charge in [0.15, 0.2) is 0 Å². The van der Waals surface area contributed by atoms with Gasteiger partial charge in [-0.2, -0.15) is 0 Å². The van der Waals surface area contributed by atoms with Crippen LogP contribution in [-0.2, 0) is 4.79 Å². The summed E-state index contributed by atoms with van der Waals surface area (Å²) in [7, 11) is 0. The molecule has 2 rings (SSSR count). The van der Waals surface area contributed by atoms with Gasteiger partial charge in [0.2, 0.25) is 0 Å². The van der Waals surface area contributed by atoms with Crippen LogP contribution in [0.25, 0.3) is 0 Å². The Morgan fingerprint density at radius 3 is 3.00 bits per heavy atom. The molecule has 0 bridgehead atoms. The maximum atomic E-state index is 10.8. The zero-order valence-electron chi connectivity index (χ0n) is 10.8. The van der Waals surface area contributed by atoms with E-state index >= 15 is 0 Å². The molecule has 0 saturated heterocycles. The van der Waals surface area contributed by atoms with E-state index in [2.05, 4.69) is 26.5 Å². The van der Waals surface area contributed by atoms with Crippen molar-refractivity contribution >= 4 is 6.29 Å². The van der Waals surface area contributed by atoms with Crippen LogP contribution in [0.4, 0.5) is 0 Å². The van der Waals surface area contributed by atoms with Gasteiger partial charge in [0.1, 0.15) is 6.29 Å². The number of allylic oxidation sites excluding steroid dienone is 2. The van der Waals surface area contributed by atoms with E-state index in [4.69, 9.17) is 0 Å². The monoisotopic (exact) mass is 234 g/mol. The summed E-state index contributed by atoms with van der Waals surface area (Å²) in [6.45, 7) is 8.20. The smallest absolute Gasteiger partial charge is 0.145 e. The van der Waals surface area contributed by atoms with Crippen molar-refractivity contribution in [3.63, 3.8) is 0 Å². The van der Waals surface area contributed by atoms with Gasteiger partial charge in [0, 0.05) is 5.41 Å². The predicted molar refractivity (Wildman–Crippen MR) is 68.5 cm³/mol. The molecule has 17 heavy (non-hydrogen) atoms. The van der Waals surface area contributed by atoms with Gasteiger partial charge in [0.05, 0.1) is 6.10 Å². The van der Waals surface area contributed by atoms with Crippen molar-refractivity contribution in [2.24, 2.45) is 17.3 Å². The van der Waals surface area contributed by atoms with Crippen molar-refractivity contribution in [1.82, 2.24) is 0 Å². The molecule has 0 heterocycles. The highest BCUT2D eigenvalue weighted by atomic mass is 16.3. The molecule has 0 aromatic carbocycles. The molecule has 0 unspecified atom stereocenters. The Hall–Kier alpha value is -0.890. The minimum Gasteiger partial charge on any atom is -0.392 e. The van der Waals surface area contributed by atoms with Crippen molar-refractivity contribution in [2.75, 3.05) is 0 Å². The lowest BCUT2D eigenvalue weighted by Crippen LogP contribution is -2.46. The third-order valence-corrected chi connectivity index (χ3v) is 5.00. The summed E-state index contributed by atoms with van der Waals surface area (Å²) in [4.78, 5) is 10.8. The molecule has 0 aromatic heterocycles. The molecule has 94 valence electrons. The molecular formula is C15H22O2. The number of rotatable bonds is 2. The Morgan fingerprint density at radius 1 is 1.65 bits per heavy atom. The number of hydrogen-bond donors (Lipinski definition) is 1. The molecule has 2 aliphatic carbocycles. The Bertz CT molecular complexity index is 369. The van der Waals surface area contributed by atoms with E-state index in [9.17, 15) is 9.90 Å². The summed E-state index contributed by atoms with van der Waals surface area (Å²) in [5.74, 6) is 0.709. The lowest BCUT2D eigenvalue weighted by Gasteiger charge is -2.50. The van der Waals surface area contributed by atoms with E-state index in [-0.39, 0.29) is 11.5 Å². The van der Waals surface area contributed by atoms with Crippen LogP contribution in [0.15, 0.2) is 23.8 Å². The molecule has 2 aliphatic rings. The van der Waals surface area contributed by atoms with Crippen LogP contribution in [0.3, 0.4) is 0 Å². The quantitative estimate of drug-likeness (QED) is 0.453. The van der Waals surface area contributed by atoms with E-state index in [0.29, 0.717) is 11.8 Å². The number of carbonyl (C=O) groups is 1.